The van der Waals surface area contributed by atoms with Crippen LogP contribution in [0.3, 0.4) is 0 Å². The van der Waals surface area contributed by atoms with Crippen LogP contribution in [0.1, 0.15) is 12.5 Å². The van der Waals surface area contributed by atoms with Crippen LogP contribution in [0.2, 0.25) is 0 Å². The normalized spacial score (nSPS) is 12.2. The number of hydrogen-bond donors (Lipinski definition) is 1. The molecule has 1 N–H and O–H groups in total. The number of anilines is 1. The molecule has 0 fully saturated rings. The summed E-state index contributed by atoms with van der Waals surface area (Å²) < 4.78 is 0. The smallest absolute Gasteiger partial charge is 0.269 e. The van der Waals surface area contributed by atoms with E-state index in [-0.39, 0.29) is 18.1 Å². The van der Waals surface area contributed by atoms with E-state index in [0.29, 0.717) is 17.3 Å². The van der Waals surface area contributed by atoms with Crippen LogP contribution in [-0.2, 0) is 4.79 Å². The molecule has 0 aliphatic carbocycles. The third-order valence-corrected chi connectivity index (χ3v) is 4.06. The maximum Gasteiger partial charge on any atom is 0.269 e. The summed E-state index contributed by atoms with van der Waals surface area (Å²) in [7, 11) is 1.91. The summed E-state index contributed by atoms with van der Waals surface area (Å²) in [6.07, 6.45) is 2.03. The minimum atomic E-state index is -0.448. The number of benzene rings is 1. The van der Waals surface area contributed by atoms with E-state index in [1.165, 1.54) is 12.1 Å². The Morgan fingerprint density at radius 2 is 2.19 bits per heavy atom. The fourth-order valence-corrected chi connectivity index (χ4v) is 2.58. The minimum absolute atomic E-state index is 0.0243. The zero-order valence-corrected chi connectivity index (χ0v) is 13.6. The lowest BCUT2D eigenvalue weighted by Gasteiger charge is -2.23. The van der Waals surface area contributed by atoms with Crippen molar-refractivity contribution in [2.75, 3.05) is 30.9 Å². The van der Waals surface area contributed by atoms with Crippen molar-refractivity contribution in [3.05, 3.63) is 33.9 Å². The van der Waals surface area contributed by atoms with Gasteiger partial charge in [-0.15, -0.1) is 0 Å². The number of likely N-dealkylation sites (N-methyl/N-ethyl adjacent to an activating group) is 1. The quantitative estimate of drug-likeness (QED) is 0.618. The van der Waals surface area contributed by atoms with Gasteiger partial charge >= 0.3 is 0 Å². The Balaban J connectivity index is 2.65. The van der Waals surface area contributed by atoms with Crippen molar-refractivity contribution >= 4 is 29.0 Å². The molecule has 21 heavy (non-hydrogen) atoms. The molecular formula is C14H21N3O3S. The molecule has 0 radical (unpaired) electrons. The zero-order chi connectivity index (χ0) is 16.0. The number of hydrogen-bond acceptors (Lipinski definition) is 5. The average molecular weight is 311 g/mol. The van der Waals surface area contributed by atoms with Gasteiger partial charge in [0.2, 0.25) is 5.91 Å². The lowest BCUT2D eigenvalue weighted by atomic mass is 10.2. The highest BCUT2D eigenvalue weighted by Crippen LogP contribution is 2.21. The molecule has 1 aromatic carbocycles. The third kappa shape index (κ3) is 5.35. The molecule has 0 saturated heterocycles. The second-order valence-electron chi connectivity index (χ2n) is 5.02. The largest absolute Gasteiger partial charge is 0.325 e. The van der Waals surface area contributed by atoms with Crippen LogP contribution in [-0.4, -0.2) is 47.4 Å². The lowest BCUT2D eigenvalue weighted by molar-refractivity contribution is -0.384. The number of non-ortho nitro benzene ring substituents is 1. The molecule has 0 saturated carbocycles. The highest BCUT2D eigenvalue weighted by atomic mass is 32.2. The van der Waals surface area contributed by atoms with Crippen LogP contribution in [0.15, 0.2) is 18.2 Å². The Bertz CT molecular complexity index is 522. The maximum atomic E-state index is 12.0. The number of nitro benzene ring substituents is 1. The molecule has 1 aromatic rings. The van der Waals surface area contributed by atoms with Crippen molar-refractivity contribution < 1.29 is 9.72 Å². The predicted molar refractivity (Wildman–Crippen MR) is 86.9 cm³/mol. The molecule has 0 aliphatic rings. The van der Waals surface area contributed by atoms with Gasteiger partial charge in [-0.05, 0) is 38.8 Å². The third-order valence-electron chi connectivity index (χ3n) is 3.25. The van der Waals surface area contributed by atoms with Gasteiger partial charge in [-0.2, -0.15) is 11.8 Å². The highest BCUT2D eigenvalue weighted by molar-refractivity contribution is 7.98. The molecule has 0 aliphatic heterocycles. The lowest BCUT2D eigenvalue weighted by Crippen LogP contribution is -2.37. The molecule has 1 rings (SSSR count). The van der Waals surface area contributed by atoms with E-state index in [1.807, 2.05) is 18.2 Å². The van der Waals surface area contributed by atoms with Crippen molar-refractivity contribution in [3.63, 3.8) is 0 Å². The Hall–Kier alpha value is -1.60. The Kier molecular flexibility index (Phi) is 6.64. The molecule has 0 heterocycles. The van der Waals surface area contributed by atoms with Crippen LogP contribution in [0.4, 0.5) is 11.4 Å². The van der Waals surface area contributed by atoms with Crippen LogP contribution >= 0.6 is 11.8 Å². The maximum absolute atomic E-state index is 12.0. The first-order valence-electron chi connectivity index (χ1n) is 6.59. The van der Waals surface area contributed by atoms with Crippen molar-refractivity contribution in [2.45, 2.75) is 19.9 Å². The van der Waals surface area contributed by atoms with E-state index in [9.17, 15) is 14.9 Å². The summed E-state index contributed by atoms with van der Waals surface area (Å²) in [5.41, 5.74) is 1.31. The second-order valence-corrected chi connectivity index (χ2v) is 5.93. The molecule has 7 heteroatoms. The van der Waals surface area contributed by atoms with Crippen LogP contribution in [0.25, 0.3) is 0 Å². The summed E-state index contributed by atoms with van der Waals surface area (Å²) in [6.45, 7) is 4.10. The van der Waals surface area contributed by atoms with E-state index in [0.717, 1.165) is 5.75 Å². The summed E-state index contributed by atoms with van der Waals surface area (Å²) >= 11 is 1.74. The Labute approximate surface area is 129 Å². The van der Waals surface area contributed by atoms with E-state index in [1.54, 1.807) is 24.8 Å². The van der Waals surface area contributed by atoms with Crippen LogP contribution < -0.4 is 5.32 Å². The molecule has 6 nitrogen and oxygen atoms in total. The van der Waals surface area contributed by atoms with Gasteiger partial charge in [0.05, 0.1) is 11.5 Å². The summed E-state index contributed by atoms with van der Waals surface area (Å²) in [5, 5.41) is 13.5. The molecule has 0 spiro atoms. The standard InChI is InChI=1S/C14H21N3O3S/c1-10-7-12(17(19)20)5-6-13(10)15-14(18)8-16(3)11(2)9-21-4/h5-7,11H,8-9H2,1-4H3,(H,15,18). The zero-order valence-electron chi connectivity index (χ0n) is 12.8. The van der Waals surface area contributed by atoms with E-state index in [4.69, 9.17) is 0 Å². The number of rotatable bonds is 7. The molecule has 0 aromatic heterocycles. The number of carbonyl (C=O) groups excluding carboxylic acids is 1. The van der Waals surface area contributed by atoms with Gasteiger partial charge in [-0.3, -0.25) is 19.8 Å². The van der Waals surface area contributed by atoms with Gasteiger partial charge in [-0.1, -0.05) is 0 Å². The molecule has 1 atom stereocenters. The van der Waals surface area contributed by atoms with Gasteiger partial charge in [0.1, 0.15) is 0 Å². The fourth-order valence-electron chi connectivity index (χ4n) is 1.84. The molecular weight excluding hydrogens is 290 g/mol. The number of nitro groups is 1. The van der Waals surface area contributed by atoms with E-state index < -0.39 is 4.92 Å². The van der Waals surface area contributed by atoms with Crippen molar-refractivity contribution in [1.82, 2.24) is 4.90 Å². The predicted octanol–water partition coefficient (Wildman–Crippen LogP) is 2.53. The second kappa shape index (κ2) is 7.99. The topological polar surface area (TPSA) is 75.5 Å². The molecule has 1 unspecified atom stereocenters. The monoisotopic (exact) mass is 311 g/mol. The van der Waals surface area contributed by atoms with Gasteiger partial charge < -0.3 is 5.32 Å². The van der Waals surface area contributed by atoms with Gasteiger partial charge in [-0.25, -0.2) is 0 Å². The van der Waals surface area contributed by atoms with Crippen molar-refractivity contribution in [1.29, 1.82) is 0 Å². The van der Waals surface area contributed by atoms with E-state index >= 15 is 0 Å². The summed E-state index contributed by atoms with van der Waals surface area (Å²) in [6, 6.07) is 4.72. The first-order chi connectivity index (χ1) is 9.85. The molecule has 1 amide bonds. The van der Waals surface area contributed by atoms with Crippen molar-refractivity contribution in [2.24, 2.45) is 0 Å². The fraction of sp³-hybridized carbons (Fsp3) is 0.500. The van der Waals surface area contributed by atoms with E-state index in [2.05, 4.69) is 12.2 Å². The SMILES string of the molecule is CSCC(C)N(C)CC(=O)Nc1ccc([N+](=O)[O-])cc1C. The number of thioether (sulfide) groups is 1. The van der Waals surface area contributed by atoms with Gasteiger partial charge in [0.15, 0.2) is 0 Å². The van der Waals surface area contributed by atoms with Gasteiger partial charge in [0.25, 0.3) is 5.69 Å². The molecule has 116 valence electrons. The Morgan fingerprint density at radius 3 is 2.71 bits per heavy atom. The first kappa shape index (κ1) is 17.5. The number of aryl methyl sites for hydroxylation is 1. The van der Waals surface area contributed by atoms with Crippen LogP contribution in [0.5, 0.6) is 0 Å². The summed E-state index contributed by atoms with van der Waals surface area (Å²) in [5.74, 6) is 0.836. The number of nitrogens with one attached hydrogen (secondary N) is 1. The van der Waals surface area contributed by atoms with Crippen LogP contribution in [0, 0.1) is 17.0 Å². The minimum Gasteiger partial charge on any atom is -0.325 e. The Morgan fingerprint density at radius 1 is 1.52 bits per heavy atom. The van der Waals surface area contributed by atoms with Crippen molar-refractivity contribution in [3.8, 4) is 0 Å². The average Bonchev–Trinajstić information content (AvgIpc) is 2.40. The molecule has 0 bridgehead atoms. The number of carbonyl (C=O) groups is 1. The first-order valence-corrected chi connectivity index (χ1v) is 7.98. The highest BCUT2D eigenvalue weighted by Gasteiger charge is 2.14. The van der Waals surface area contributed by atoms with Gasteiger partial charge in [0, 0.05) is 29.6 Å². The number of nitrogens with zero attached hydrogens (tertiary/aromatic N) is 2. The number of amides is 1. The summed E-state index contributed by atoms with van der Waals surface area (Å²) in [4.78, 5) is 24.2.